The molecule has 8 heteroatoms. The zero-order valence-electron chi connectivity index (χ0n) is 9.92. The van der Waals surface area contributed by atoms with E-state index in [1.165, 1.54) is 9.24 Å². The van der Waals surface area contributed by atoms with Crippen LogP contribution in [0, 0.1) is 5.92 Å². The Bertz CT molecular complexity index is 550. The highest BCUT2D eigenvalue weighted by Gasteiger charge is 2.56. The minimum atomic E-state index is -4.40. The quantitative estimate of drug-likeness (QED) is 0.677. The Morgan fingerprint density at radius 1 is 1.20 bits per heavy atom. The molecule has 0 heterocycles. The van der Waals surface area contributed by atoms with E-state index in [4.69, 9.17) is 5.11 Å². The molecule has 1 aliphatic carbocycles. The first kappa shape index (κ1) is 15.2. The molecule has 0 saturated heterocycles. The van der Waals surface area contributed by atoms with E-state index in [0.717, 1.165) is 18.2 Å². The van der Waals surface area contributed by atoms with Gasteiger partial charge >= 0.3 is 12.1 Å². The number of carboxylic acid groups (broad SMARTS) is 1. The number of halogens is 5. The number of carboxylic acids is 1. The molecule has 0 spiro atoms. The van der Waals surface area contributed by atoms with Gasteiger partial charge in [-0.3, -0.25) is 0 Å². The predicted molar refractivity (Wildman–Crippen MR) is 63.9 cm³/mol. The molecule has 1 fully saturated rings. The van der Waals surface area contributed by atoms with Gasteiger partial charge in [0.15, 0.2) is 0 Å². The Hall–Kier alpha value is -1.23. The van der Waals surface area contributed by atoms with Gasteiger partial charge in [-0.15, -0.1) is 0 Å². The average Bonchev–Trinajstić information content (AvgIpc) is 3.06. The molecule has 2 rings (SSSR count). The Morgan fingerprint density at radius 2 is 1.80 bits per heavy atom. The molecule has 0 aliphatic heterocycles. The normalized spacial score (nSPS) is 22.7. The monoisotopic (exact) mass is 312 g/mol. The summed E-state index contributed by atoms with van der Waals surface area (Å²) < 4.78 is 64.0. The smallest absolute Gasteiger partial charge is 0.392 e. The molecule has 0 amide bonds. The van der Waals surface area contributed by atoms with Crippen LogP contribution < -0.4 is 0 Å². The minimum absolute atomic E-state index is 0.00986. The van der Waals surface area contributed by atoms with Crippen LogP contribution in [0.2, 0.25) is 0 Å². The molecule has 20 heavy (non-hydrogen) atoms. The van der Waals surface area contributed by atoms with Crippen molar-refractivity contribution in [2.24, 2.45) is 5.92 Å². The Labute approximate surface area is 113 Å². The molecular weight excluding hydrogens is 302 g/mol. The van der Waals surface area contributed by atoms with Gasteiger partial charge in [0.05, 0.1) is 11.5 Å². The van der Waals surface area contributed by atoms with Crippen LogP contribution >= 0.6 is 9.24 Å². The van der Waals surface area contributed by atoms with Crippen LogP contribution in [-0.4, -0.2) is 17.3 Å². The maximum Gasteiger partial charge on any atom is 0.392 e. The number of aromatic carboxylic acids is 1. The van der Waals surface area contributed by atoms with Gasteiger partial charge in [0.25, 0.3) is 5.66 Å². The maximum absolute atomic E-state index is 13.2. The Balaban J connectivity index is 2.40. The lowest BCUT2D eigenvalue weighted by Gasteiger charge is -2.14. The molecule has 1 aromatic rings. The minimum Gasteiger partial charge on any atom is -0.478 e. The molecule has 1 saturated carbocycles. The molecule has 110 valence electrons. The summed E-state index contributed by atoms with van der Waals surface area (Å²) in [6.07, 6.45) is -4.60. The summed E-state index contributed by atoms with van der Waals surface area (Å²) in [7, 11) is 1.24. The second-order valence-corrected chi connectivity index (χ2v) is 5.49. The van der Waals surface area contributed by atoms with Gasteiger partial charge < -0.3 is 5.11 Å². The van der Waals surface area contributed by atoms with E-state index in [-0.39, 0.29) is 12.0 Å². The molecule has 2 nitrogen and oxygen atoms in total. The number of alkyl halides is 5. The van der Waals surface area contributed by atoms with Crippen molar-refractivity contribution in [1.29, 1.82) is 0 Å². The van der Waals surface area contributed by atoms with E-state index in [9.17, 15) is 26.7 Å². The molecular formula is C12H10F5O2P. The highest BCUT2D eigenvalue weighted by molar-refractivity contribution is 7.17. The van der Waals surface area contributed by atoms with Crippen LogP contribution in [0.4, 0.5) is 22.0 Å². The Kier molecular flexibility index (Phi) is 3.53. The summed E-state index contributed by atoms with van der Waals surface area (Å²) in [5.41, 5.74) is -4.45. The topological polar surface area (TPSA) is 37.3 Å². The first-order valence-corrected chi connectivity index (χ1v) is 6.20. The van der Waals surface area contributed by atoms with Crippen molar-refractivity contribution in [1.82, 2.24) is 0 Å². The molecule has 0 aromatic heterocycles. The van der Waals surface area contributed by atoms with Crippen molar-refractivity contribution >= 4 is 15.2 Å². The highest BCUT2D eigenvalue weighted by atomic mass is 31.0. The molecule has 3 unspecified atom stereocenters. The van der Waals surface area contributed by atoms with Gasteiger partial charge in [-0.1, -0.05) is 9.24 Å². The SMILES string of the molecule is O=C(O)c1cc(C2CC2C(F)(F)F)cc(C(F)(F)P)c1. The largest absolute Gasteiger partial charge is 0.478 e. The lowest BCUT2D eigenvalue weighted by atomic mass is 10.0. The van der Waals surface area contributed by atoms with Crippen LogP contribution in [0.1, 0.15) is 33.8 Å². The summed E-state index contributed by atoms with van der Waals surface area (Å²) in [6, 6.07) is 2.73. The van der Waals surface area contributed by atoms with E-state index in [1.807, 2.05) is 0 Å². The summed E-state index contributed by atoms with van der Waals surface area (Å²) >= 11 is 0. The third-order valence-electron chi connectivity index (χ3n) is 3.23. The first-order valence-electron chi connectivity index (χ1n) is 5.62. The third-order valence-corrected chi connectivity index (χ3v) is 3.56. The van der Waals surface area contributed by atoms with Crippen LogP contribution in [0.5, 0.6) is 0 Å². The van der Waals surface area contributed by atoms with E-state index in [0.29, 0.717) is 0 Å². The fraction of sp³-hybridized carbons (Fsp3) is 0.417. The number of hydrogen-bond donors (Lipinski definition) is 1. The van der Waals surface area contributed by atoms with Crippen molar-refractivity contribution in [3.05, 3.63) is 34.9 Å². The van der Waals surface area contributed by atoms with Crippen LogP contribution in [0.3, 0.4) is 0 Å². The van der Waals surface area contributed by atoms with Crippen molar-refractivity contribution in [3.63, 3.8) is 0 Å². The van der Waals surface area contributed by atoms with Crippen LogP contribution in [0.15, 0.2) is 18.2 Å². The number of rotatable bonds is 3. The van der Waals surface area contributed by atoms with Crippen LogP contribution in [0.25, 0.3) is 0 Å². The maximum atomic E-state index is 13.2. The number of benzene rings is 1. The van der Waals surface area contributed by atoms with E-state index in [1.54, 1.807) is 0 Å². The van der Waals surface area contributed by atoms with Gasteiger partial charge in [-0.05, 0) is 36.1 Å². The molecule has 0 radical (unpaired) electrons. The molecule has 1 N–H and O–H groups in total. The number of carbonyl (C=O) groups is 1. The lowest BCUT2D eigenvalue weighted by Crippen LogP contribution is -2.12. The van der Waals surface area contributed by atoms with E-state index >= 15 is 0 Å². The molecule has 3 atom stereocenters. The second kappa shape index (κ2) is 4.65. The zero-order valence-corrected chi connectivity index (χ0v) is 11.1. The molecule has 0 bridgehead atoms. The van der Waals surface area contributed by atoms with E-state index < -0.39 is 40.8 Å². The predicted octanol–water partition coefficient (Wildman–Crippen LogP) is 3.98. The summed E-state index contributed by atoms with van der Waals surface area (Å²) in [4.78, 5) is 10.9. The molecule has 1 aromatic carbocycles. The fourth-order valence-electron chi connectivity index (χ4n) is 2.11. The van der Waals surface area contributed by atoms with E-state index in [2.05, 4.69) is 0 Å². The highest BCUT2D eigenvalue weighted by Crippen LogP contribution is 2.56. The van der Waals surface area contributed by atoms with Gasteiger partial charge in [0.1, 0.15) is 0 Å². The standard InChI is InChI=1S/C12H10F5O2P/c13-11(14,15)9-4-8(9)5-1-6(10(18)19)3-7(2-5)12(16,17)20/h1-3,8-9H,4,20H2,(H,18,19). The fourth-order valence-corrected chi connectivity index (χ4v) is 2.27. The van der Waals surface area contributed by atoms with Crippen LogP contribution in [-0.2, 0) is 5.66 Å². The van der Waals surface area contributed by atoms with Gasteiger partial charge in [-0.2, -0.15) is 22.0 Å². The summed E-state index contributed by atoms with van der Waals surface area (Å²) in [5.74, 6) is -3.98. The lowest BCUT2D eigenvalue weighted by molar-refractivity contribution is -0.148. The van der Waals surface area contributed by atoms with Crippen molar-refractivity contribution in [2.45, 2.75) is 24.2 Å². The first-order chi connectivity index (χ1) is 9.00. The van der Waals surface area contributed by atoms with Crippen molar-refractivity contribution in [2.75, 3.05) is 0 Å². The van der Waals surface area contributed by atoms with Gasteiger partial charge in [-0.25, -0.2) is 4.79 Å². The molecule has 1 aliphatic rings. The average molecular weight is 312 g/mol. The number of hydrogen-bond acceptors (Lipinski definition) is 1. The third kappa shape index (κ3) is 3.08. The van der Waals surface area contributed by atoms with Gasteiger partial charge in [0, 0.05) is 5.56 Å². The zero-order chi connectivity index (χ0) is 15.3. The van der Waals surface area contributed by atoms with Crippen molar-refractivity contribution in [3.8, 4) is 0 Å². The Morgan fingerprint density at radius 3 is 2.20 bits per heavy atom. The summed E-state index contributed by atoms with van der Waals surface area (Å²) in [5, 5.41) is 8.85. The van der Waals surface area contributed by atoms with Crippen molar-refractivity contribution < 1.29 is 31.9 Å². The summed E-state index contributed by atoms with van der Waals surface area (Å²) in [6.45, 7) is 0. The second-order valence-electron chi connectivity index (χ2n) is 4.76. The van der Waals surface area contributed by atoms with Gasteiger partial charge in [0.2, 0.25) is 0 Å².